The Labute approximate surface area is 120 Å². The fraction of sp³-hybridized carbons (Fsp3) is 0.385. The lowest BCUT2D eigenvalue weighted by molar-refractivity contribution is -0.116. The van der Waals surface area contributed by atoms with E-state index in [-0.39, 0.29) is 16.7 Å². The quantitative estimate of drug-likeness (QED) is 0.812. The van der Waals surface area contributed by atoms with Crippen molar-refractivity contribution < 1.29 is 14.3 Å². The lowest BCUT2D eigenvalue weighted by Crippen LogP contribution is -2.27. The Kier molecular flexibility index (Phi) is 5.35. The van der Waals surface area contributed by atoms with Gasteiger partial charge in [-0.1, -0.05) is 29.8 Å². The zero-order valence-electron chi connectivity index (χ0n) is 11.1. The molecule has 0 heterocycles. The number of alkyl halides is 1. The number of hydrogen-bond acceptors (Lipinski definition) is 3. The van der Waals surface area contributed by atoms with Gasteiger partial charge < -0.3 is 15.8 Å². The second kappa shape index (κ2) is 6.56. The van der Waals surface area contributed by atoms with Crippen LogP contribution < -0.4 is 15.8 Å². The van der Waals surface area contributed by atoms with E-state index >= 15 is 0 Å². The third-order valence-corrected chi connectivity index (χ3v) is 4.05. The van der Waals surface area contributed by atoms with E-state index in [0.717, 1.165) is 0 Å². The first kappa shape index (κ1) is 15.5. The molecule has 1 unspecified atom stereocenters. The fourth-order valence-corrected chi connectivity index (χ4v) is 1.58. The zero-order chi connectivity index (χ0) is 14.6. The molecule has 1 atom stereocenters. The highest BCUT2D eigenvalue weighted by molar-refractivity contribution is 9.10. The van der Waals surface area contributed by atoms with Gasteiger partial charge in [0.05, 0.1) is 17.6 Å². The molecule has 0 bridgehead atoms. The molecule has 0 spiro atoms. The molecule has 1 aromatic carbocycles. The van der Waals surface area contributed by atoms with Crippen molar-refractivity contribution in [3.63, 3.8) is 0 Å². The van der Waals surface area contributed by atoms with Crippen molar-refractivity contribution in [1.82, 2.24) is 0 Å². The van der Waals surface area contributed by atoms with Gasteiger partial charge >= 0.3 is 0 Å². The number of halogens is 1. The number of rotatable bonds is 5. The summed E-state index contributed by atoms with van der Waals surface area (Å²) in [5, 5.41) is 2.72. The largest absolute Gasteiger partial charge is 0.495 e. The first-order chi connectivity index (χ1) is 8.86. The number of benzene rings is 1. The number of hydrogen-bond donors (Lipinski definition) is 2. The van der Waals surface area contributed by atoms with Crippen molar-refractivity contribution in [2.45, 2.75) is 18.7 Å². The second-order valence-corrected chi connectivity index (χ2v) is 5.40. The number of anilines is 1. The van der Waals surface area contributed by atoms with Crippen LogP contribution in [0.4, 0.5) is 5.69 Å². The maximum Gasteiger partial charge on any atom is 0.248 e. The van der Waals surface area contributed by atoms with E-state index in [1.54, 1.807) is 12.1 Å². The van der Waals surface area contributed by atoms with E-state index in [2.05, 4.69) is 21.2 Å². The van der Waals surface area contributed by atoms with Crippen molar-refractivity contribution in [2.75, 3.05) is 12.4 Å². The number of carbonyl (C=O) groups excluding carboxylic acids is 2. The van der Waals surface area contributed by atoms with Crippen molar-refractivity contribution in [2.24, 2.45) is 11.7 Å². The summed E-state index contributed by atoms with van der Waals surface area (Å²) >= 11 is 3.31. The number of carbonyl (C=O) groups is 2. The summed E-state index contributed by atoms with van der Waals surface area (Å²) in [6.07, 6.45) is 0. The Morgan fingerprint density at radius 2 is 2.00 bits per heavy atom. The van der Waals surface area contributed by atoms with Crippen LogP contribution in [0.3, 0.4) is 0 Å². The summed E-state index contributed by atoms with van der Waals surface area (Å²) in [5.74, 6) is -0.139. The topological polar surface area (TPSA) is 81.4 Å². The fourth-order valence-electron chi connectivity index (χ4n) is 1.46. The van der Waals surface area contributed by atoms with Gasteiger partial charge in [0.2, 0.25) is 11.8 Å². The Bertz CT molecular complexity index is 489. The number of primary amides is 1. The third-order valence-electron chi connectivity index (χ3n) is 2.58. The molecule has 0 aliphatic heterocycles. The Balaban J connectivity index is 3.01. The number of nitrogens with two attached hydrogens (primary N) is 1. The molecule has 1 aromatic rings. The van der Waals surface area contributed by atoms with Crippen molar-refractivity contribution in [3.8, 4) is 5.75 Å². The van der Waals surface area contributed by atoms with Crippen molar-refractivity contribution >= 4 is 33.4 Å². The van der Waals surface area contributed by atoms with Gasteiger partial charge in [0.15, 0.2) is 0 Å². The third kappa shape index (κ3) is 3.96. The van der Waals surface area contributed by atoms with Crippen molar-refractivity contribution in [3.05, 3.63) is 23.8 Å². The number of nitrogens with one attached hydrogen (secondary N) is 1. The Hall–Kier alpha value is -1.56. The molecular weight excluding hydrogens is 312 g/mol. The summed E-state index contributed by atoms with van der Waals surface area (Å²) in [7, 11) is 1.49. The molecule has 0 aliphatic carbocycles. The summed E-state index contributed by atoms with van der Waals surface area (Å²) < 4.78 is 5.14. The van der Waals surface area contributed by atoms with Crippen LogP contribution >= 0.6 is 15.9 Å². The predicted octanol–water partition coefficient (Wildman–Crippen LogP) is 2.15. The van der Waals surface area contributed by atoms with E-state index < -0.39 is 5.91 Å². The molecule has 0 aliphatic rings. The van der Waals surface area contributed by atoms with Gasteiger partial charge in [-0.25, -0.2) is 0 Å². The molecule has 2 amide bonds. The van der Waals surface area contributed by atoms with Gasteiger partial charge in [0, 0.05) is 5.56 Å². The van der Waals surface area contributed by atoms with Gasteiger partial charge in [-0.2, -0.15) is 0 Å². The lowest BCUT2D eigenvalue weighted by atomic mass is 10.1. The summed E-state index contributed by atoms with van der Waals surface area (Å²) in [5.41, 5.74) is 5.95. The van der Waals surface area contributed by atoms with E-state index in [1.165, 1.54) is 13.2 Å². The van der Waals surface area contributed by atoms with Gasteiger partial charge in [0.25, 0.3) is 0 Å². The molecule has 6 heteroatoms. The summed E-state index contributed by atoms with van der Waals surface area (Å²) in [4.78, 5) is 22.8. The van der Waals surface area contributed by atoms with Crippen LogP contribution in [-0.4, -0.2) is 23.8 Å². The molecule has 104 valence electrons. The van der Waals surface area contributed by atoms with Gasteiger partial charge in [-0.05, 0) is 24.1 Å². The molecule has 0 saturated carbocycles. The second-order valence-electron chi connectivity index (χ2n) is 4.41. The SMILES string of the molecule is COc1ccc(C(N)=O)cc1NC(=O)C(Br)C(C)C. The average molecular weight is 329 g/mol. The van der Waals surface area contributed by atoms with E-state index in [1.807, 2.05) is 13.8 Å². The monoisotopic (exact) mass is 328 g/mol. The first-order valence-electron chi connectivity index (χ1n) is 5.79. The maximum absolute atomic E-state index is 12.0. The normalized spacial score (nSPS) is 12.1. The van der Waals surface area contributed by atoms with Crippen LogP contribution in [0.15, 0.2) is 18.2 Å². The Morgan fingerprint density at radius 1 is 1.37 bits per heavy atom. The maximum atomic E-state index is 12.0. The van der Waals surface area contributed by atoms with E-state index in [0.29, 0.717) is 17.0 Å². The molecule has 0 aromatic heterocycles. The van der Waals surface area contributed by atoms with Crippen LogP contribution in [0.2, 0.25) is 0 Å². The molecule has 3 N–H and O–H groups in total. The minimum Gasteiger partial charge on any atom is -0.495 e. The summed E-state index contributed by atoms with van der Waals surface area (Å²) in [6.45, 7) is 3.85. The van der Waals surface area contributed by atoms with Gasteiger partial charge in [-0.15, -0.1) is 0 Å². The first-order valence-corrected chi connectivity index (χ1v) is 6.71. The van der Waals surface area contributed by atoms with E-state index in [4.69, 9.17) is 10.5 Å². The zero-order valence-corrected chi connectivity index (χ0v) is 12.7. The van der Waals surface area contributed by atoms with Crippen LogP contribution in [0.5, 0.6) is 5.75 Å². The molecule has 0 saturated heterocycles. The molecule has 5 nitrogen and oxygen atoms in total. The number of methoxy groups -OCH3 is 1. The van der Waals surface area contributed by atoms with Crippen molar-refractivity contribution in [1.29, 1.82) is 0 Å². The van der Waals surface area contributed by atoms with Gasteiger partial charge in [0.1, 0.15) is 5.75 Å². The van der Waals surface area contributed by atoms with E-state index in [9.17, 15) is 9.59 Å². The molecule has 19 heavy (non-hydrogen) atoms. The highest BCUT2D eigenvalue weighted by atomic mass is 79.9. The summed E-state index contributed by atoms with van der Waals surface area (Å²) in [6, 6.07) is 4.64. The highest BCUT2D eigenvalue weighted by Crippen LogP contribution is 2.26. The molecule has 1 rings (SSSR count). The standard InChI is InChI=1S/C13H17BrN2O3/c1-7(2)11(14)13(18)16-9-6-8(12(15)17)4-5-10(9)19-3/h4-7,11H,1-3H3,(H2,15,17)(H,16,18). The van der Waals surface area contributed by atoms with Crippen LogP contribution in [0.1, 0.15) is 24.2 Å². The average Bonchev–Trinajstić information content (AvgIpc) is 2.37. The van der Waals surface area contributed by atoms with Crippen LogP contribution in [-0.2, 0) is 4.79 Å². The van der Waals surface area contributed by atoms with Crippen LogP contribution in [0, 0.1) is 5.92 Å². The lowest BCUT2D eigenvalue weighted by Gasteiger charge is -2.16. The Morgan fingerprint density at radius 3 is 2.47 bits per heavy atom. The van der Waals surface area contributed by atoms with Gasteiger partial charge in [-0.3, -0.25) is 9.59 Å². The number of ether oxygens (including phenoxy) is 1. The van der Waals surface area contributed by atoms with Crippen LogP contribution in [0.25, 0.3) is 0 Å². The molecule has 0 radical (unpaired) electrons. The highest BCUT2D eigenvalue weighted by Gasteiger charge is 2.20. The molecular formula is C13H17BrN2O3. The predicted molar refractivity (Wildman–Crippen MR) is 77.7 cm³/mol. The smallest absolute Gasteiger partial charge is 0.248 e. The minimum atomic E-state index is -0.558. The minimum absolute atomic E-state index is 0.144. The number of amides is 2. The molecule has 0 fully saturated rings.